The minimum absolute atomic E-state index is 0.265. The molecule has 4 nitrogen and oxygen atoms in total. The number of piperidine rings is 2. The van der Waals surface area contributed by atoms with E-state index in [9.17, 15) is 4.79 Å². The van der Waals surface area contributed by atoms with Gasteiger partial charge in [0.05, 0.1) is 0 Å². The number of fused-ring (bicyclic) bond motifs is 2. The van der Waals surface area contributed by atoms with Crippen LogP contribution < -0.4 is 15.5 Å². The molecule has 0 spiro atoms. The van der Waals surface area contributed by atoms with Crippen molar-refractivity contribution >= 4 is 11.6 Å². The van der Waals surface area contributed by atoms with Gasteiger partial charge in [-0.05, 0) is 56.6 Å². The average molecular weight is 327 g/mol. The van der Waals surface area contributed by atoms with Crippen LogP contribution in [0.15, 0.2) is 30.3 Å². The van der Waals surface area contributed by atoms with Gasteiger partial charge in [-0.1, -0.05) is 18.2 Å². The fourth-order valence-corrected chi connectivity index (χ4v) is 4.86. The number of hydrogen-bond acceptors (Lipinski definition) is 3. The lowest BCUT2D eigenvalue weighted by Crippen LogP contribution is -2.48. The highest BCUT2D eigenvalue weighted by Gasteiger charge is 2.34. The van der Waals surface area contributed by atoms with Crippen molar-refractivity contribution in [1.82, 2.24) is 10.6 Å². The molecule has 0 aromatic heterocycles. The summed E-state index contributed by atoms with van der Waals surface area (Å²) in [5.41, 5.74) is 1.27. The molecular formula is C20H29N3O. The van der Waals surface area contributed by atoms with Crippen LogP contribution in [0, 0.1) is 5.92 Å². The number of para-hydroxylation sites is 1. The van der Waals surface area contributed by atoms with Crippen LogP contribution in [0.3, 0.4) is 0 Å². The number of carbonyl (C=O) groups is 1. The highest BCUT2D eigenvalue weighted by atomic mass is 16.1. The zero-order valence-electron chi connectivity index (χ0n) is 14.4. The van der Waals surface area contributed by atoms with E-state index in [1.54, 1.807) is 0 Å². The maximum absolute atomic E-state index is 12.5. The van der Waals surface area contributed by atoms with E-state index < -0.39 is 0 Å². The van der Waals surface area contributed by atoms with Gasteiger partial charge in [0.15, 0.2) is 0 Å². The molecule has 3 unspecified atom stereocenters. The molecule has 1 amide bonds. The van der Waals surface area contributed by atoms with E-state index in [0.717, 1.165) is 32.4 Å². The summed E-state index contributed by atoms with van der Waals surface area (Å²) in [4.78, 5) is 14.9. The molecule has 3 aliphatic rings. The van der Waals surface area contributed by atoms with Gasteiger partial charge in [-0.2, -0.15) is 0 Å². The Balaban J connectivity index is 1.28. The second-order valence-corrected chi connectivity index (χ2v) is 7.87. The van der Waals surface area contributed by atoms with Crippen LogP contribution in [0.5, 0.6) is 0 Å². The first-order valence-corrected chi connectivity index (χ1v) is 9.61. The second-order valence-electron chi connectivity index (χ2n) is 7.87. The molecule has 130 valence electrons. The Hall–Kier alpha value is -1.55. The first kappa shape index (κ1) is 15.9. The number of rotatable bonds is 4. The summed E-state index contributed by atoms with van der Waals surface area (Å²) in [5.74, 6) is 0.846. The van der Waals surface area contributed by atoms with Gasteiger partial charge in [0.1, 0.15) is 0 Å². The monoisotopic (exact) mass is 327 g/mol. The maximum Gasteiger partial charge on any atom is 0.220 e. The van der Waals surface area contributed by atoms with Crippen molar-refractivity contribution in [3.8, 4) is 0 Å². The number of anilines is 1. The minimum atomic E-state index is 0.265. The summed E-state index contributed by atoms with van der Waals surface area (Å²) < 4.78 is 0. The molecule has 2 bridgehead atoms. The van der Waals surface area contributed by atoms with Crippen molar-refractivity contribution in [3.63, 3.8) is 0 Å². The van der Waals surface area contributed by atoms with Crippen molar-refractivity contribution in [2.45, 2.75) is 63.1 Å². The first-order chi connectivity index (χ1) is 11.8. The van der Waals surface area contributed by atoms with Crippen LogP contribution in [0.25, 0.3) is 0 Å². The Morgan fingerprint density at radius 1 is 1.12 bits per heavy atom. The van der Waals surface area contributed by atoms with E-state index in [1.807, 2.05) is 0 Å². The van der Waals surface area contributed by atoms with E-state index in [4.69, 9.17) is 0 Å². The summed E-state index contributed by atoms with van der Waals surface area (Å²) in [7, 11) is 0. The van der Waals surface area contributed by atoms with Crippen LogP contribution in [0.1, 0.15) is 44.9 Å². The largest absolute Gasteiger partial charge is 0.369 e. The molecule has 24 heavy (non-hydrogen) atoms. The number of carbonyl (C=O) groups excluding carboxylic acids is 1. The first-order valence-electron chi connectivity index (χ1n) is 9.61. The quantitative estimate of drug-likeness (QED) is 0.894. The Labute approximate surface area is 145 Å². The number of nitrogens with zero attached hydrogens (tertiary/aromatic N) is 1. The fourth-order valence-electron chi connectivity index (χ4n) is 4.86. The van der Waals surface area contributed by atoms with E-state index in [1.165, 1.54) is 31.4 Å². The highest BCUT2D eigenvalue weighted by Crippen LogP contribution is 2.32. The minimum Gasteiger partial charge on any atom is -0.369 e. The Morgan fingerprint density at radius 3 is 2.62 bits per heavy atom. The van der Waals surface area contributed by atoms with Gasteiger partial charge in [0.2, 0.25) is 5.91 Å². The van der Waals surface area contributed by atoms with Gasteiger partial charge in [-0.15, -0.1) is 0 Å². The SMILES string of the molecule is O=C(CC1CC2CCC(C1)N2)NC1CCCN(c2ccccc2)C1. The Kier molecular flexibility index (Phi) is 4.74. The van der Waals surface area contributed by atoms with Crippen molar-refractivity contribution in [3.05, 3.63) is 30.3 Å². The van der Waals surface area contributed by atoms with Crippen LogP contribution in [0.4, 0.5) is 5.69 Å². The molecule has 1 aromatic rings. The van der Waals surface area contributed by atoms with Crippen molar-refractivity contribution < 1.29 is 4.79 Å². The topological polar surface area (TPSA) is 44.4 Å². The van der Waals surface area contributed by atoms with Gasteiger partial charge in [0, 0.05) is 43.3 Å². The number of nitrogens with one attached hydrogen (secondary N) is 2. The summed E-state index contributed by atoms with van der Waals surface area (Å²) in [6, 6.07) is 12.2. The van der Waals surface area contributed by atoms with Gasteiger partial charge in [-0.3, -0.25) is 4.79 Å². The lowest BCUT2D eigenvalue weighted by molar-refractivity contribution is -0.123. The molecule has 3 saturated heterocycles. The van der Waals surface area contributed by atoms with Crippen LogP contribution in [-0.2, 0) is 4.79 Å². The highest BCUT2D eigenvalue weighted by molar-refractivity contribution is 5.76. The summed E-state index contributed by atoms with van der Waals surface area (Å²) in [5, 5.41) is 6.98. The van der Waals surface area contributed by atoms with E-state index in [2.05, 4.69) is 45.9 Å². The van der Waals surface area contributed by atoms with Crippen molar-refractivity contribution in [1.29, 1.82) is 0 Å². The van der Waals surface area contributed by atoms with Crippen LogP contribution in [0.2, 0.25) is 0 Å². The molecule has 0 aliphatic carbocycles. The van der Waals surface area contributed by atoms with Crippen LogP contribution >= 0.6 is 0 Å². The molecule has 2 N–H and O–H groups in total. The molecule has 3 fully saturated rings. The Morgan fingerprint density at radius 2 is 1.88 bits per heavy atom. The predicted molar refractivity (Wildman–Crippen MR) is 97.1 cm³/mol. The van der Waals surface area contributed by atoms with Gasteiger partial charge in [0.25, 0.3) is 0 Å². The second kappa shape index (κ2) is 7.14. The third-order valence-corrected chi connectivity index (χ3v) is 5.95. The number of amides is 1. The normalized spacial score (nSPS) is 32.6. The summed E-state index contributed by atoms with van der Waals surface area (Å²) in [6.45, 7) is 2.03. The zero-order valence-corrected chi connectivity index (χ0v) is 14.4. The lowest BCUT2D eigenvalue weighted by Gasteiger charge is -2.35. The molecule has 3 heterocycles. The molecule has 1 aromatic carbocycles. The van der Waals surface area contributed by atoms with Crippen LogP contribution in [-0.4, -0.2) is 37.1 Å². The predicted octanol–water partition coefficient (Wildman–Crippen LogP) is 2.69. The maximum atomic E-state index is 12.5. The van der Waals surface area contributed by atoms with Crippen molar-refractivity contribution in [2.24, 2.45) is 5.92 Å². The lowest BCUT2D eigenvalue weighted by atomic mass is 9.89. The molecule has 3 aliphatic heterocycles. The van der Waals surface area contributed by atoms with E-state index >= 15 is 0 Å². The van der Waals surface area contributed by atoms with Gasteiger partial charge < -0.3 is 15.5 Å². The third kappa shape index (κ3) is 3.75. The Bertz CT molecular complexity index is 549. The summed E-state index contributed by atoms with van der Waals surface area (Å²) >= 11 is 0. The van der Waals surface area contributed by atoms with Crippen molar-refractivity contribution in [2.75, 3.05) is 18.0 Å². The van der Waals surface area contributed by atoms with Gasteiger partial charge in [-0.25, -0.2) is 0 Å². The zero-order chi connectivity index (χ0) is 16.4. The van der Waals surface area contributed by atoms with E-state index in [-0.39, 0.29) is 5.91 Å². The van der Waals surface area contributed by atoms with Gasteiger partial charge >= 0.3 is 0 Å². The number of hydrogen-bond donors (Lipinski definition) is 2. The molecule has 3 atom stereocenters. The molecule has 4 rings (SSSR count). The number of benzene rings is 1. The summed E-state index contributed by atoms with van der Waals surface area (Å²) in [6.07, 6.45) is 7.95. The smallest absolute Gasteiger partial charge is 0.220 e. The average Bonchev–Trinajstić information content (AvgIpc) is 2.94. The third-order valence-electron chi connectivity index (χ3n) is 5.95. The molecule has 0 radical (unpaired) electrons. The fraction of sp³-hybridized carbons (Fsp3) is 0.650. The molecule has 4 heteroatoms. The molecular weight excluding hydrogens is 298 g/mol. The van der Waals surface area contributed by atoms with E-state index in [0.29, 0.717) is 24.0 Å². The molecule has 0 saturated carbocycles. The standard InChI is InChI=1S/C20H29N3O/c24-20(13-15-11-16-8-9-17(12-15)21-16)22-18-5-4-10-23(14-18)19-6-2-1-3-7-19/h1-3,6-7,15-18,21H,4-5,8-14H2,(H,22,24).